The highest BCUT2D eigenvalue weighted by molar-refractivity contribution is 5.97. The Balaban J connectivity index is 1.88. The third-order valence-electron chi connectivity index (χ3n) is 3.51. The van der Waals surface area contributed by atoms with E-state index in [1.165, 1.54) is 0 Å². The first kappa shape index (κ1) is 14.5. The molecule has 2 amide bonds. The van der Waals surface area contributed by atoms with Crippen molar-refractivity contribution in [3.63, 3.8) is 0 Å². The van der Waals surface area contributed by atoms with Crippen molar-refractivity contribution < 1.29 is 9.59 Å². The molecule has 0 saturated carbocycles. The molecular formula is C15H21N3O2. The van der Waals surface area contributed by atoms with Gasteiger partial charge in [0.1, 0.15) is 0 Å². The quantitative estimate of drug-likeness (QED) is 0.893. The minimum atomic E-state index is -0.247. The van der Waals surface area contributed by atoms with Crippen LogP contribution in [-0.4, -0.2) is 34.8 Å². The van der Waals surface area contributed by atoms with Crippen LogP contribution in [0.3, 0.4) is 0 Å². The number of likely N-dealkylation sites (tertiary alicyclic amines) is 1. The van der Waals surface area contributed by atoms with E-state index in [4.69, 9.17) is 0 Å². The Morgan fingerprint density at radius 1 is 1.45 bits per heavy atom. The van der Waals surface area contributed by atoms with Crippen LogP contribution in [0.4, 0.5) is 5.69 Å². The van der Waals surface area contributed by atoms with Crippen molar-refractivity contribution in [1.29, 1.82) is 0 Å². The first-order valence-electron chi connectivity index (χ1n) is 7.05. The number of carbonyl (C=O) groups is 2. The standard InChI is InChI=1S/C15H21N3O2/c1-11(2)5-8-18-10-12(9-14(18)19)15(20)17-13-3-6-16-7-4-13/h3-4,6-7,11-12H,5,8-10H2,1-2H3,(H,16,17,20)/t12-/m0/s1. The second kappa shape index (κ2) is 6.50. The second-order valence-electron chi connectivity index (χ2n) is 5.65. The first-order valence-corrected chi connectivity index (χ1v) is 7.05. The lowest BCUT2D eigenvalue weighted by Gasteiger charge is -2.17. The molecule has 1 aliphatic rings. The van der Waals surface area contributed by atoms with Crippen LogP contribution in [0, 0.1) is 11.8 Å². The molecule has 1 aliphatic heterocycles. The Morgan fingerprint density at radius 2 is 2.15 bits per heavy atom. The van der Waals surface area contributed by atoms with E-state index in [2.05, 4.69) is 24.1 Å². The summed E-state index contributed by atoms with van der Waals surface area (Å²) in [6.07, 6.45) is 4.55. The van der Waals surface area contributed by atoms with Gasteiger partial charge in [0.05, 0.1) is 5.92 Å². The molecule has 1 saturated heterocycles. The highest BCUT2D eigenvalue weighted by Crippen LogP contribution is 2.20. The van der Waals surface area contributed by atoms with Crippen molar-refractivity contribution in [2.45, 2.75) is 26.7 Å². The lowest BCUT2D eigenvalue weighted by Crippen LogP contribution is -2.29. The van der Waals surface area contributed by atoms with Crippen LogP contribution >= 0.6 is 0 Å². The molecule has 0 unspecified atom stereocenters. The number of nitrogens with one attached hydrogen (secondary N) is 1. The number of carbonyl (C=O) groups excluding carboxylic acids is 2. The Kier molecular flexibility index (Phi) is 4.71. The molecule has 20 heavy (non-hydrogen) atoms. The number of hydrogen-bond donors (Lipinski definition) is 1. The lowest BCUT2D eigenvalue weighted by atomic mass is 10.1. The zero-order valence-corrected chi connectivity index (χ0v) is 12.0. The molecule has 0 bridgehead atoms. The summed E-state index contributed by atoms with van der Waals surface area (Å²) in [5, 5.41) is 2.83. The van der Waals surface area contributed by atoms with Crippen LogP contribution in [-0.2, 0) is 9.59 Å². The molecule has 1 N–H and O–H groups in total. The summed E-state index contributed by atoms with van der Waals surface area (Å²) in [5.74, 6) is 0.312. The van der Waals surface area contributed by atoms with Crippen molar-refractivity contribution in [2.24, 2.45) is 11.8 Å². The number of anilines is 1. The van der Waals surface area contributed by atoms with Crippen molar-refractivity contribution in [3.05, 3.63) is 24.5 Å². The average molecular weight is 275 g/mol. The molecule has 2 heterocycles. The van der Waals surface area contributed by atoms with Gasteiger partial charge in [-0.15, -0.1) is 0 Å². The molecule has 108 valence electrons. The predicted octanol–water partition coefficient (Wildman–Crippen LogP) is 1.91. The van der Waals surface area contributed by atoms with Gasteiger partial charge in [0.25, 0.3) is 0 Å². The molecule has 0 radical (unpaired) electrons. The largest absolute Gasteiger partial charge is 0.342 e. The van der Waals surface area contributed by atoms with Gasteiger partial charge in [0, 0.05) is 37.6 Å². The van der Waals surface area contributed by atoms with Gasteiger partial charge >= 0.3 is 0 Å². The SMILES string of the molecule is CC(C)CCN1C[C@@H](C(=O)Nc2ccncc2)CC1=O. The zero-order chi connectivity index (χ0) is 14.5. The third kappa shape index (κ3) is 3.79. The molecule has 1 aromatic heterocycles. The maximum absolute atomic E-state index is 12.1. The van der Waals surface area contributed by atoms with E-state index in [0.717, 1.165) is 18.7 Å². The van der Waals surface area contributed by atoms with Crippen molar-refractivity contribution >= 4 is 17.5 Å². The molecule has 0 aromatic carbocycles. The van der Waals surface area contributed by atoms with Gasteiger partial charge in [-0.3, -0.25) is 14.6 Å². The molecule has 0 aliphatic carbocycles. The number of rotatable bonds is 5. The number of aromatic nitrogens is 1. The average Bonchev–Trinajstić information content (AvgIpc) is 2.79. The Morgan fingerprint density at radius 3 is 2.80 bits per heavy atom. The number of hydrogen-bond acceptors (Lipinski definition) is 3. The summed E-state index contributed by atoms with van der Waals surface area (Å²) in [7, 11) is 0. The van der Waals surface area contributed by atoms with Crippen LogP contribution in [0.2, 0.25) is 0 Å². The summed E-state index contributed by atoms with van der Waals surface area (Å²) in [4.78, 5) is 29.7. The predicted molar refractivity (Wildman–Crippen MR) is 77.0 cm³/mol. The summed E-state index contributed by atoms with van der Waals surface area (Å²) < 4.78 is 0. The van der Waals surface area contributed by atoms with Crippen molar-refractivity contribution in [1.82, 2.24) is 9.88 Å². The summed E-state index contributed by atoms with van der Waals surface area (Å²) in [5.41, 5.74) is 0.720. The lowest BCUT2D eigenvalue weighted by molar-refractivity contribution is -0.128. The minimum Gasteiger partial charge on any atom is -0.342 e. The fraction of sp³-hybridized carbons (Fsp3) is 0.533. The van der Waals surface area contributed by atoms with Gasteiger partial charge in [-0.25, -0.2) is 0 Å². The summed E-state index contributed by atoms with van der Waals surface area (Å²) >= 11 is 0. The number of nitrogens with zero attached hydrogens (tertiary/aromatic N) is 2. The van der Waals surface area contributed by atoms with E-state index in [1.807, 2.05) is 0 Å². The smallest absolute Gasteiger partial charge is 0.229 e. The number of pyridine rings is 1. The molecule has 5 heteroatoms. The van der Waals surface area contributed by atoms with E-state index in [9.17, 15) is 9.59 Å². The van der Waals surface area contributed by atoms with Crippen molar-refractivity contribution in [2.75, 3.05) is 18.4 Å². The van der Waals surface area contributed by atoms with E-state index in [-0.39, 0.29) is 17.7 Å². The van der Waals surface area contributed by atoms with Gasteiger partial charge in [-0.2, -0.15) is 0 Å². The maximum Gasteiger partial charge on any atom is 0.229 e. The molecule has 1 aromatic rings. The Labute approximate surface area is 119 Å². The monoisotopic (exact) mass is 275 g/mol. The van der Waals surface area contributed by atoms with Crippen LogP contribution < -0.4 is 5.32 Å². The molecule has 2 rings (SSSR count). The van der Waals surface area contributed by atoms with Crippen molar-refractivity contribution in [3.8, 4) is 0 Å². The van der Waals surface area contributed by atoms with Gasteiger partial charge < -0.3 is 10.2 Å². The van der Waals surface area contributed by atoms with Gasteiger partial charge in [0.15, 0.2) is 0 Å². The molecule has 1 atom stereocenters. The van der Waals surface area contributed by atoms with E-state index < -0.39 is 0 Å². The van der Waals surface area contributed by atoms with Crippen LogP contribution in [0.1, 0.15) is 26.7 Å². The summed E-state index contributed by atoms with van der Waals surface area (Å²) in [6.45, 7) is 5.54. The minimum absolute atomic E-state index is 0.0838. The molecule has 0 spiro atoms. The normalized spacial score (nSPS) is 18.6. The topological polar surface area (TPSA) is 62.3 Å². The van der Waals surface area contributed by atoms with Crippen LogP contribution in [0.25, 0.3) is 0 Å². The third-order valence-corrected chi connectivity index (χ3v) is 3.51. The van der Waals surface area contributed by atoms with E-state index in [0.29, 0.717) is 18.9 Å². The Bertz CT molecular complexity index is 473. The van der Waals surface area contributed by atoms with Gasteiger partial charge in [-0.1, -0.05) is 13.8 Å². The fourth-order valence-corrected chi connectivity index (χ4v) is 2.26. The summed E-state index contributed by atoms with van der Waals surface area (Å²) in [6, 6.07) is 3.48. The maximum atomic E-state index is 12.1. The van der Waals surface area contributed by atoms with Crippen LogP contribution in [0.5, 0.6) is 0 Å². The van der Waals surface area contributed by atoms with Crippen LogP contribution in [0.15, 0.2) is 24.5 Å². The van der Waals surface area contributed by atoms with Gasteiger partial charge in [0.2, 0.25) is 11.8 Å². The highest BCUT2D eigenvalue weighted by atomic mass is 16.2. The highest BCUT2D eigenvalue weighted by Gasteiger charge is 2.33. The molecular weight excluding hydrogens is 254 g/mol. The van der Waals surface area contributed by atoms with E-state index >= 15 is 0 Å². The first-order chi connectivity index (χ1) is 9.56. The number of amides is 2. The van der Waals surface area contributed by atoms with E-state index in [1.54, 1.807) is 29.4 Å². The zero-order valence-electron chi connectivity index (χ0n) is 12.0. The fourth-order valence-electron chi connectivity index (χ4n) is 2.26. The molecule has 5 nitrogen and oxygen atoms in total. The molecule has 1 fully saturated rings. The second-order valence-corrected chi connectivity index (χ2v) is 5.65. The van der Waals surface area contributed by atoms with Gasteiger partial charge in [-0.05, 0) is 24.5 Å². The Hall–Kier alpha value is -1.91.